The average Bonchev–Trinajstić information content (AvgIpc) is 3.34. The van der Waals surface area contributed by atoms with Gasteiger partial charge in [0, 0.05) is 13.6 Å². The number of thiazole rings is 1. The molecule has 4 rings (SSSR count). The first kappa shape index (κ1) is 17.7. The number of benzene rings is 2. The zero-order valence-corrected chi connectivity index (χ0v) is 16.6. The Balaban J connectivity index is 1.50. The summed E-state index contributed by atoms with van der Waals surface area (Å²) in [7, 11) is 3.47. The fourth-order valence-corrected chi connectivity index (χ4v) is 4.83. The smallest absolute Gasteiger partial charge is 0.263 e. The molecule has 0 unspecified atom stereocenters. The van der Waals surface area contributed by atoms with Crippen LogP contribution in [0.4, 0.5) is 0 Å². The molecule has 0 aliphatic rings. The van der Waals surface area contributed by atoms with E-state index in [0.29, 0.717) is 6.54 Å². The number of methoxy groups -OCH3 is 1. The van der Waals surface area contributed by atoms with Gasteiger partial charge in [-0.2, -0.15) is 0 Å². The van der Waals surface area contributed by atoms with Crippen molar-refractivity contribution >= 4 is 38.8 Å². The van der Waals surface area contributed by atoms with E-state index in [-0.39, 0.29) is 5.91 Å². The van der Waals surface area contributed by atoms with E-state index < -0.39 is 0 Å². The number of hydrogen-bond acceptors (Lipinski definition) is 5. The number of nitrogens with zero attached hydrogens (tertiary/aromatic N) is 2. The summed E-state index contributed by atoms with van der Waals surface area (Å²) in [6, 6.07) is 19.7. The van der Waals surface area contributed by atoms with Crippen molar-refractivity contribution in [3.05, 3.63) is 71.1 Å². The molecule has 0 radical (unpaired) electrons. The Morgan fingerprint density at radius 1 is 1.04 bits per heavy atom. The van der Waals surface area contributed by atoms with Crippen LogP contribution in [-0.4, -0.2) is 29.9 Å². The number of fused-ring (bicyclic) bond motifs is 1. The van der Waals surface area contributed by atoms with Crippen LogP contribution in [0.5, 0.6) is 5.75 Å². The normalized spacial score (nSPS) is 10.9. The molecular formula is C21H18N2O2S2. The molecule has 27 heavy (non-hydrogen) atoms. The van der Waals surface area contributed by atoms with Gasteiger partial charge in [-0.05, 0) is 42.0 Å². The Hall–Kier alpha value is -2.70. The van der Waals surface area contributed by atoms with Gasteiger partial charge in [-0.25, -0.2) is 4.98 Å². The summed E-state index contributed by atoms with van der Waals surface area (Å²) in [5.41, 5.74) is 2.06. The summed E-state index contributed by atoms with van der Waals surface area (Å²) in [6.07, 6.45) is 0. The molecule has 0 N–H and O–H groups in total. The largest absolute Gasteiger partial charge is 0.497 e. The van der Waals surface area contributed by atoms with E-state index in [1.807, 2.05) is 61.6 Å². The molecule has 0 saturated carbocycles. The Morgan fingerprint density at radius 2 is 1.81 bits per heavy atom. The van der Waals surface area contributed by atoms with E-state index >= 15 is 0 Å². The van der Waals surface area contributed by atoms with Crippen LogP contribution in [0.1, 0.15) is 15.2 Å². The summed E-state index contributed by atoms with van der Waals surface area (Å²) in [6.45, 7) is 0.553. The number of hydrogen-bond donors (Lipinski definition) is 0. The maximum absolute atomic E-state index is 12.8. The lowest BCUT2D eigenvalue weighted by Crippen LogP contribution is -2.25. The number of carbonyl (C=O) groups excluding carboxylic acids is 1. The fraction of sp³-hybridized carbons (Fsp3) is 0.143. The van der Waals surface area contributed by atoms with Crippen LogP contribution >= 0.6 is 22.7 Å². The van der Waals surface area contributed by atoms with E-state index in [9.17, 15) is 4.79 Å². The lowest BCUT2D eigenvalue weighted by molar-refractivity contribution is 0.0790. The number of thiophene rings is 1. The topological polar surface area (TPSA) is 42.4 Å². The van der Waals surface area contributed by atoms with Crippen molar-refractivity contribution < 1.29 is 9.53 Å². The van der Waals surface area contributed by atoms with Crippen molar-refractivity contribution in [2.24, 2.45) is 0 Å². The number of amides is 1. The molecule has 4 nitrogen and oxygen atoms in total. The Morgan fingerprint density at radius 3 is 2.56 bits per heavy atom. The Bertz CT molecular complexity index is 1050. The standard InChI is InChI=1S/C21H18N2O2S2/c1-23(13-14-7-9-15(25-2)10-8-14)21(24)19-12-11-18(26-19)20-22-16-5-3-4-6-17(16)27-20/h3-12H,13H2,1-2H3. The Labute approximate surface area is 165 Å². The van der Waals surface area contributed by atoms with Gasteiger partial charge in [0.1, 0.15) is 10.8 Å². The van der Waals surface area contributed by atoms with E-state index in [0.717, 1.165) is 36.3 Å². The van der Waals surface area contributed by atoms with Crippen LogP contribution in [0, 0.1) is 0 Å². The van der Waals surface area contributed by atoms with Crippen molar-refractivity contribution in [2.45, 2.75) is 6.54 Å². The van der Waals surface area contributed by atoms with Gasteiger partial charge in [-0.15, -0.1) is 22.7 Å². The average molecular weight is 395 g/mol. The fourth-order valence-electron chi connectivity index (χ4n) is 2.81. The lowest BCUT2D eigenvalue weighted by atomic mass is 10.2. The van der Waals surface area contributed by atoms with Gasteiger partial charge < -0.3 is 9.64 Å². The third-order valence-corrected chi connectivity index (χ3v) is 6.53. The maximum atomic E-state index is 12.8. The molecule has 2 aromatic heterocycles. The van der Waals surface area contributed by atoms with Crippen molar-refractivity contribution in [3.63, 3.8) is 0 Å². The predicted molar refractivity (Wildman–Crippen MR) is 112 cm³/mol. The summed E-state index contributed by atoms with van der Waals surface area (Å²) in [5, 5.41) is 0.957. The molecule has 2 aromatic carbocycles. The minimum absolute atomic E-state index is 0.0168. The van der Waals surface area contributed by atoms with Crippen molar-refractivity contribution in [1.29, 1.82) is 0 Å². The second kappa shape index (κ2) is 7.50. The van der Waals surface area contributed by atoms with E-state index in [4.69, 9.17) is 4.74 Å². The van der Waals surface area contributed by atoms with Gasteiger partial charge >= 0.3 is 0 Å². The van der Waals surface area contributed by atoms with Crippen LogP contribution in [0.2, 0.25) is 0 Å². The number of para-hydroxylation sites is 1. The SMILES string of the molecule is COc1ccc(CN(C)C(=O)c2ccc(-c3nc4ccccc4s3)s2)cc1. The third kappa shape index (κ3) is 3.72. The van der Waals surface area contributed by atoms with Gasteiger partial charge in [0.25, 0.3) is 5.91 Å². The molecular weight excluding hydrogens is 376 g/mol. The van der Waals surface area contributed by atoms with E-state index in [2.05, 4.69) is 11.1 Å². The number of aromatic nitrogens is 1. The van der Waals surface area contributed by atoms with E-state index in [1.165, 1.54) is 11.3 Å². The third-order valence-electron chi connectivity index (χ3n) is 4.25. The van der Waals surface area contributed by atoms with Crippen molar-refractivity contribution in [3.8, 4) is 15.6 Å². The second-order valence-electron chi connectivity index (χ2n) is 6.16. The van der Waals surface area contributed by atoms with Gasteiger partial charge in [0.05, 0.1) is 27.1 Å². The monoisotopic (exact) mass is 394 g/mol. The van der Waals surface area contributed by atoms with Gasteiger partial charge in [0.15, 0.2) is 0 Å². The van der Waals surface area contributed by atoms with Gasteiger partial charge in [-0.1, -0.05) is 24.3 Å². The van der Waals surface area contributed by atoms with Crippen molar-refractivity contribution in [1.82, 2.24) is 9.88 Å². The van der Waals surface area contributed by atoms with Crippen LogP contribution in [-0.2, 0) is 6.54 Å². The zero-order chi connectivity index (χ0) is 18.8. The number of rotatable bonds is 5. The first-order valence-corrected chi connectivity index (χ1v) is 10.1. The molecule has 136 valence electrons. The molecule has 0 aliphatic carbocycles. The molecule has 0 atom stereocenters. The molecule has 6 heteroatoms. The highest BCUT2D eigenvalue weighted by molar-refractivity contribution is 7.26. The second-order valence-corrected chi connectivity index (χ2v) is 8.27. The minimum Gasteiger partial charge on any atom is -0.497 e. The van der Waals surface area contributed by atoms with Crippen LogP contribution in [0.15, 0.2) is 60.7 Å². The van der Waals surface area contributed by atoms with Crippen LogP contribution in [0.3, 0.4) is 0 Å². The first-order valence-electron chi connectivity index (χ1n) is 8.48. The van der Waals surface area contributed by atoms with Crippen molar-refractivity contribution in [2.75, 3.05) is 14.2 Å². The Kier molecular flexibility index (Phi) is 4.92. The molecule has 0 saturated heterocycles. The first-order chi connectivity index (χ1) is 13.1. The highest BCUT2D eigenvalue weighted by atomic mass is 32.1. The molecule has 0 bridgehead atoms. The number of ether oxygens (including phenoxy) is 1. The molecule has 2 heterocycles. The molecule has 1 amide bonds. The van der Waals surface area contributed by atoms with E-state index in [1.54, 1.807) is 23.3 Å². The number of carbonyl (C=O) groups is 1. The zero-order valence-electron chi connectivity index (χ0n) is 15.0. The quantitative estimate of drug-likeness (QED) is 0.461. The van der Waals surface area contributed by atoms with Gasteiger partial charge in [-0.3, -0.25) is 4.79 Å². The lowest BCUT2D eigenvalue weighted by Gasteiger charge is -2.16. The highest BCUT2D eigenvalue weighted by Gasteiger charge is 2.16. The summed E-state index contributed by atoms with van der Waals surface area (Å²) < 4.78 is 6.33. The van der Waals surface area contributed by atoms with Crippen LogP contribution in [0.25, 0.3) is 20.1 Å². The minimum atomic E-state index is 0.0168. The van der Waals surface area contributed by atoms with Gasteiger partial charge in [0.2, 0.25) is 0 Å². The summed E-state index contributed by atoms with van der Waals surface area (Å²) >= 11 is 3.14. The van der Waals surface area contributed by atoms with Crippen LogP contribution < -0.4 is 4.74 Å². The molecule has 0 fully saturated rings. The molecule has 0 spiro atoms. The maximum Gasteiger partial charge on any atom is 0.263 e. The highest BCUT2D eigenvalue weighted by Crippen LogP contribution is 2.34. The summed E-state index contributed by atoms with van der Waals surface area (Å²) in [4.78, 5) is 20.9. The molecule has 0 aliphatic heterocycles. The molecule has 4 aromatic rings. The summed E-state index contributed by atoms with van der Waals surface area (Å²) in [5.74, 6) is 0.828. The predicted octanol–water partition coefficient (Wildman–Crippen LogP) is 5.31.